The Hall–Kier alpha value is -0.900. The summed E-state index contributed by atoms with van der Waals surface area (Å²) in [5.74, 6) is 1.68. The van der Waals surface area contributed by atoms with Gasteiger partial charge in [0.05, 0.1) is 4.88 Å². The molecule has 1 unspecified atom stereocenters. The number of aryl methyl sites for hydroxylation is 1. The lowest BCUT2D eigenvalue weighted by Crippen LogP contribution is -1.98. The van der Waals surface area contributed by atoms with Gasteiger partial charge in [0.2, 0.25) is 0 Å². The zero-order valence-corrected chi connectivity index (χ0v) is 17.9. The van der Waals surface area contributed by atoms with Crippen LogP contribution in [0.15, 0.2) is 41.1 Å². The van der Waals surface area contributed by atoms with E-state index in [1.807, 2.05) is 34.0 Å². The second kappa shape index (κ2) is 9.16. The van der Waals surface area contributed by atoms with Gasteiger partial charge in [0.1, 0.15) is 0 Å². The van der Waals surface area contributed by atoms with Gasteiger partial charge in [0.25, 0.3) is 0 Å². The van der Waals surface area contributed by atoms with Crippen molar-refractivity contribution in [3.63, 3.8) is 0 Å². The molecule has 3 rings (SSSR count). The van der Waals surface area contributed by atoms with Crippen LogP contribution >= 0.6 is 34.0 Å². The molecular weight excluding hydrogens is 360 g/mol. The van der Waals surface area contributed by atoms with Crippen LogP contribution in [-0.4, -0.2) is 0 Å². The van der Waals surface area contributed by atoms with Gasteiger partial charge in [-0.2, -0.15) is 0 Å². The molecule has 0 nitrogen and oxygen atoms in total. The lowest BCUT2D eigenvalue weighted by Gasteiger charge is -2.11. The molecule has 0 aromatic carbocycles. The average Bonchev–Trinajstić information content (AvgIpc) is 3.31. The fraction of sp³-hybridized carbons (Fsp3) is 0.455. The van der Waals surface area contributed by atoms with Crippen LogP contribution in [0.25, 0.3) is 20.2 Å². The van der Waals surface area contributed by atoms with Crippen LogP contribution in [0.4, 0.5) is 0 Å². The second-order valence-electron chi connectivity index (χ2n) is 7.38. The van der Waals surface area contributed by atoms with Gasteiger partial charge in [0.15, 0.2) is 0 Å². The molecular formula is C22H28S3. The van der Waals surface area contributed by atoms with Crippen molar-refractivity contribution in [1.82, 2.24) is 0 Å². The summed E-state index contributed by atoms with van der Waals surface area (Å²) < 4.78 is 0. The van der Waals surface area contributed by atoms with E-state index in [2.05, 4.69) is 61.9 Å². The molecule has 3 heterocycles. The van der Waals surface area contributed by atoms with Crippen molar-refractivity contribution >= 4 is 34.0 Å². The van der Waals surface area contributed by atoms with Gasteiger partial charge in [-0.15, -0.1) is 34.0 Å². The highest BCUT2D eigenvalue weighted by molar-refractivity contribution is 7.22. The Labute approximate surface area is 164 Å². The first-order chi connectivity index (χ1) is 12.1. The lowest BCUT2D eigenvalue weighted by molar-refractivity contribution is 0.438. The Morgan fingerprint density at radius 2 is 1.72 bits per heavy atom. The fourth-order valence-corrected chi connectivity index (χ4v) is 6.07. The van der Waals surface area contributed by atoms with Gasteiger partial charge in [0, 0.05) is 20.2 Å². The summed E-state index contributed by atoms with van der Waals surface area (Å²) in [6, 6.07) is 11.3. The Balaban J connectivity index is 1.57. The van der Waals surface area contributed by atoms with E-state index < -0.39 is 0 Å². The van der Waals surface area contributed by atoms with Crippen LogP contribution in [0.1, 0.15) is 51.3 Å². The molecule has 3 aromatic heterocycles. The van der Waals surface area contributed by atoms with Gasteiger partial charge in [-0.3, -0.25) is 0 Å². The fourth-order valence-electron chi connectivity index (χ4n) is 3.17. The van der Waals surface area contributed by atoms with Crippen molar-refractivity contribution in [3.05, 3.63) is 46.0 Å². The molecule has 25 heavy (non-hydrogen) atoms. The van der Waals surface area contributed by atoms with E-state index in [0.717, 1.165) is 11.8 Å². The third-order valence-electron chi connectivity index (χ3n) is 4.70. The minimum absolute atomic E-state index is 0.840. The molecule has 134 valence electrons. The van der Waals surface area contributed by atoms with Crippen LogP contribution in [0, 0.1) is 11.8 Å². The van der Waals surface area contributed by atoms with E-state index >= 15 is 0 Å². The first-order valence-corrected chi connectivity index (χ1v) is 11.9. The summed E-state index contributed by atoms with van der Waals surface area (Å²) >= 11 is 5.69. The molecule has 0 spiro atoms. The summed E-state index contributed by atoms with van der Waals surface area (Å²) in [6.07, 6.45) is 6.68. The third kappa shape index (κ3) is 5.29. The van der Waals surface area contributed by atoms with Crippen LogP contribution < -0.4 is 0 Å². The predicted octanol–water partition coefficient (Wildman–Crippen LogP) is 8.60. The van der Waals surface area contributed by atoms with Crippen molar-refractivity contribution in [2.24, 2.45) is 11.8 Å². The van der Waals surface area contributed by atoms with E-state index in [-0.39, 0.29) is 0 Å². The highest BCUT2D eigenvalue weighted by Crippen LogP contribution is 2.41. The molecule has 0 bridgehead atoms. The predicted molar refractivity (Wildman–Crippen MR) is 117 cm³/mol. The normalized spacial score (nSPS) is 12.8. The molecule has 0 fully saturated rings. The van der Waals surface area contributed by atoms with E-state index in [1.54, 1.807) is 0 Å². The van der Waals surface area contributed by atoms with Crippen LogP contribution in [0.3, 0.4) is 0 Å². The zero-order chi connectivity index (χ0) is 17.6. The standard InChI is InChI=1S/C22H28S3/c1-16(2)6-4-7-17(3)9-10-18-11-12-21(25-18)22-19(13-15-24-22)20-8-5-14-23-20/h5,8,11-17H,4,6-7,9-10H2,1-3H3. The van der Waals surface area contributed by atoms with E-state index in [9.17, 15) is 0 Å². The van der Waals surface area contributed by atoms with Crippen molar-refractivity contribution < 1.29 is 0 Å². The highest BCUT2D eigenvalue weighted by Gasteiger charge is 2.12. The Morgan fingerprint density at radius 3 is 2.48 bits per heavy atom. The highest BCUT2D eigenvalue weighted by atomic mass is 32.1. The molecule has 1 atom stereocenters. The molecule has 0 radical (unpaired) electrons. The first kappa shape index (κ1) is 18.9. The average molecular weight is 389 g/mol. The van der Waals surface area contributed by atoms with Gasteiger partial charge in [-0.25, -0.2) is 0 Å². The molecule has 0 aliphatic heterocycles. The lowest BCUT2D eigenvalue weighted by atomic mass is 9.96. The SMILES string of the molecule is CC(C)CCCC(C)CCc1ccc(-c2sccc2-c2cccs2)s1. The molecule has 0 N–H and O–H groups in total. The third-order valence-corrected chi connectivity index (χ3v) is 7.84. The summed E-state index contributed by atoms with van der Waals surface area (Å²) in [6.45, 7) is 7.07. The largest absolute Gasteiger partial charge is 0.144 e. The molecule has 3 heteroatoms. The zero-order valence-electron chi connectivity index (χ0n) is 15.5. The van der Waals surface area contributed by atoms with Gasteiger partial charge in [-0.05, 0) is 59.7 Å². The molecule has 3 aromatic rings. The summed E-state index contributed by atoms with van der Waals surface area (Å²) in [4.78, 5) is 5.78. The van der Waals surface area contributed by atoms with Crippen molar-refractivity contribution in [3.8, 4) is 20.2 Å². The number of rotatable bonds is 9. The topological polar surface area (TPSA) is 0 Å². The number of thiophene rings is 3. The van der Waals surface area contributed by atoms with Crippen LogP contribution in [-0.2, 0) is 6.42 Å². The van der Waals surface area contributed by atoms with Crippen LogP contribution in [0.5, 0.6) is 0 Å². The van der Waals surface area contributed by atoms with Crippen molar-refractivity contribution in [2.45, 2.75) is 52.9 Å². The quantitative estimate of drug-likeness (QED) is 0.344. The maximum Gasteiger partial charge on any atom is 0.0529 e. The number of hydrogen-bond donors (Lipinski definition) is 0. The van der Waals surface area contributed by atoms with Gasteiger partial charge < -0.3 is 0 Å². The maximum atomic E-state index is 2.42. The number of hydrogen-bond acceptors (Lipinski definition) is 3. The smallest absolute Gasteiger partial charge is 0.0529 e. The monoisotopic (exact) mass is 388 g/mol. The second-order valence-corrected chi connectivity index (χ2v) is 10.4. The van der Waals surface area contributed by atoms with Crippen LogP contribution in [0.2, 0.25) is 0 Å². The minimum Gasteiger partial charge on any atom is -0.144 e. The Morgan fingerprint density at radius 1 is 0.840 bits per heavy atom. The summed E-state index contributed by atoms with van der Waals surface area (Å²) in [7, 11) is 0. The molecule has 0 aliphatic rings. The van der Waals surface area contributed by atoms with Gasteiger partial charge >= 0.3 is 0 Å². The summed E-state index contributed by atoms with van der Waals surface area (Å²) in [5, 5.41) is 4.39. The first-order valence-electron chi connectivity index (χ1n) is 9.34. The summed E-state index contributed by atoms with van der Waals surface area (Å²) in [5.41, 5.74) is 1.40. The van der Waals surface area contributed by atoms with E-state index in [4.69, 9.17) is 0 Å². The molecule has 0 aliphatic carbocycles. The maximum absolute atomic E-state index is 2.42. The van der Waals surface area contributed by atoms with E-state index in [0.29, 0.717) is 0 Å². The van der Waals surface area contributed by atoms with Crippen molar-refractivity contribution in [2.75, 3.05) is 0 Å². The van der Waals surface area contributed by atoms with Gasteiger partial charge in [-0.1, -0.05) is 46.1 Å². The Kier molecular flexibility index (Phi) is 6.92. The molecule has 0 saturated heterocycles. The molecule has 0 amide bonds. The Bertz CT molecular complexity index is 746. The van der Waals surface area contributed by atoms with Crippen molar-refractivity contribution in [1.29, 1.82) is 0 Å². The molecule has 0 saturated carbocycles. The van der Waals surface area contributed by atoms with E-state index in [1.165, 1.54) is 57.2 Å². The minimum atomic E-state index is 0.840.